The smallest absolute Gasteiger partial charge is 0.249 e. The van der Waals surface area contributed by atoms with Crippen LogP contribution in [0.3, 0.4) is 0 Å². The van der Waals surface area contributed by atoms with Crippen molar-refractivity contribution in [2.75, 3.05) is 16.8 Å². The number of aromatic nitrogens is 3. The molecule has 140 valence electrons. The van der Waals surface area contributed by atoms with Crippen molar-refractivity contribution in [3.63, 3.8) is 0 Å². The zero-order chi connectivity index (χ0) is 19.1. The van der Waals surface area contributed by atoms with Crippen molar-refractivity contribution in [2.24, 2.45) is 0 Å². The molecule has 2 aromatic carbocycles. The summed E-state index contributed by atoms with van der Waals surface area (Å²) in [5, 5.41) is 11.4. The van der Waals surface area contributed by atoms with E-state index in [0.29, 0.717) is 12.6 Å². The van der Waals surface area contributed by atoms with Crippen LogP contribution in [0.1, 0.15) is 26.3 Å². The molecule has 6 heteroatoms. The molecule has 0 saturated heterocycles. The van der Waals surface area contributed by atoms with Gasteiger partial charge in [0.15, 0.2) is 5.82 Å². The van der Waals surface area contributed by atoms with Gasteiger partial charge < -0.3 is 15.0 Å². The average Bonchev–Trinajstić information content (AvgIpc) is 2.69. The first-order chi connectivity index (χ1) is 13.2. The second-order valence-electron chi connectivity index (χ2n) is 6.43. The van der Waals surface area contributed by atoms with Gasteiger partial charge in [-0.25, -0.2) is 0 Å². The third-order valence-corrected chi connectivity index (χ3v) is 4.08. The maximum atomic E-state index is 5.47. The summed E-state index contributed by atoms with van der Waals surface area (Å²) in [5.41, 5.74) is 2.11. The summed E-state index contributed by atoms with van der Waals surface area (Å²) in [6, 6.07) is 18.3. The van der Waals surface area contributed by atoms with E-state index in [-0.39, 0.29) is 6.04 Å². The molecule has 3 aromatic rings. The maximum absolute atomic E-state index is 5.47. The highest BCUT2D eigenvalue weighted by atomic mass is 16.5. The molecule has 0 fully saturated rings. The number of hydrogen-bond acceptors (Lipinski definition) is 6. The SMILES string of the molecule is CCOc1ccc(Nc2nncc(N(Cc3ccccc3)C(C)C)n2)cc1. The Bertz CT molecular complexity index is 837. The average molecular weight is 363 g/mol. The highest BCUT2D eigenvalue weighted by Crippen LogP contribution is 2.21. The minimum atomic E-state index is 0.278. The first-order valence-electron chi connectivity index (χ1n) is 9.16. The lowest BCUT2D eigenvalue weighted by molar-refractivity contribution is 0.340. The van der Waals surface area contributed by atoms with E-state index in [9.17, 15) is 0 Å². The van der Waals surface area contributed by atoms with Gasteiger partial charge in [-0.2, -0.15) is 10.1 Å². The van der Waals surface area contributed by atoms with Crippen molar-refractivity contribution < 1.29 is 4.74 Å². The molecule has 1 aromatic heterocycles. The van der Waals surface area contributed by atoms with E-state index in [2.05, 4.69) is 51.4 Å². The standard InChI is InChI=1S/C21H25N5O/c1-4-27-19-12-10-18(11-13-19)23-21-24-20(14-22-25-21)26(16(2)3)15-17-8-6-5-7-9-17/h5-14,16H,4,15H2,1-3H3,(H,23,24,25). The molecule has 3 rings (SSSR count). The number of anilines is 3. The van der Waals surface area contributed by atoms with Crippen LogP contribution in [0, 0.1) is 0 Å². The summed E-state index contributed by atoms with van der Waals surface area (Å²) < 4.78 is 5.47. The van der Waals surface area contributed by atoms with E-state index in [1.165, 1.54) is 5.56 Å². The summed E-state index contributed by atoms with van der Waals surface area (Å²) >= 11 is 0. The third-order valence-electron chi connectivity index (χ3n) is 4.08. The van der Waals surface area contributed by atoms with Crippen LogP contribution in [0.5, 0.6) is 5.75 Å². The van der Waals surface area contributed by atoms with Gasteiger partial charge in [-0.3, -0.25) is 0 Å². The fourth-order valence-corrected chi connectivity index (χ4v) is 2.72. The Balaban J connectivity index is 1.76. The summed E-state index contributed by atoms with van der Waals surface area (Å²) in [4.78, 5) is 6.86. The lowest BCUT2D eigenvalue weighted by Crippen LogP contribution is -2.31. The predicted molar refractivity (Wildman–Crippen MR) is 108 cm³/mol. The summed E-state index contributed by atoms with van der Waals surface area (Å²) in [7, 11) is 0. The minimum absolute atomic E-state index is 0.278. The number of nitrogens with one attached hydrogen (secondary N) is 1. The first-order valence-corrected chi connectivity index (χ1v) is 9.16. The Labute approximate surface area is 160 Å². The first kappa shape index (κ1) is 18.6. The van der Waals surface area contributed by atoms with E-state index in [1.54, 1.807) is 6.20 Å². The van der Waals surface area contributed by atoms with E-state index in [0.717, 1.165) is 23.8 Å². The van der Waals surface area contributed by atoms with Crippen LogP contribution in [0.2, 0.25) is 0 Å². The van der Waals surface area contributed by atoms with Gasteiger partial charge in [0, 0.05) is 18.3 Å². The van der Waals surface area contributed by atoms with Crippen LogP contribution >= 0.6 is 0 Å². The van der Waals surface area contributed by atoms with Crippen LogP contribution in [-0.4, -0.2) is 27.8 Å². The molecule has 0 amide bonds. The van der Waals surface area contributed by atoms with Gasteiger partial charge in [-0.1, -0.05) is 30.3 Å². The van der Waals surface area contributed by atoms with Crippen LogP contribution in [0.25, 0.3) is 0 Å². The molecular weight excluding hydrogens is 338 g/mol. The molecule has 0 aliphatic heterocycles. The van der Waals surface area contributed by atoms with E-state index in [4.69, 9.17) is 4.74 Å². The van der Waals surface area contributed by atoms with E-state index in [1.807, 2.05) is 49.4 Å². The van der Waals surface area contributed by atoms with Crippen molar-refractivity contribution in [3.05, 3.63) is 66.4 Å². The number of benzene rings is 2. The Morgan fingerprint density at radius 3 is 2.44 bits per heavy atom. The zero-order valence-electron chi connectivity index (χ0n) is 16.0. The number of nitrogens with zero attached hydrogens (tertiary/aromatic N) is 4. The van der Waals surface area contributed by atoms with Crippen molar-refractivity contribution >= 4 is 17.5 Å². The minimum Gasteiger partial charge on any atom is -0.494 e. The van der Waals surface area contributed by atoms with Gasteiger partial charge in [0.05, 0.1) is 12.8 Å². The molecule has 0 spiro atoms. The van der Waals surface area contributed by atoms with Crippen LogP contribution in [0.15, 0.2) is 60.8 Å². The quantitative estimate of drug-likeness (QED) is 0.639. The lowest BCUT2D eigenvalue weighted by Gasteiger charge is -2.27. The van der Waals surface area contributed by atoms with Crippen LogP contribution in [-0.2, 0) is 6.54 Å². The highest BCUT2D eigenvalue weighted by Gasteiger charge is 2.14. The van der Waals surface area contributed by atoms with Crippen LogP contribution < -0.4 is 15.0 Å². The van der Waals surface area contributed by atoms with Crippen molar-refractivity contribution in [1.29, 1.82) is 0 Å². The topological polar surface area (TPSA) is 63.2 Å². The largest absolute Gasteiger partial charge is 0.494 e. The molecule has 1 heterocycles. The van der Waals surface area contributed by atoms with E-state index < -0.39 is 0 Å². The summed E-state index contributed by atoms with van der Waals surface area (Å²) in [5.74, 6) is 2.09. The molecule has 0 aliphatic carbocycles. The second kappa shape index (κ2) is 8.98. The maximum Gasteiger partial charge on any atom is 0.249 e. The third kappa shape index (κ3) is 5.17. The van der Waals surface area contributed by atoms with Crippen molar-refractivity contribution in [2.45, 2.75) is 33.4 Å². The highest BCUT2D eigenvalue weighted by molar-refractivity contribution is 5.55. The van der Waals surface area contributed by atoms with Crippen molar-refractivity contribution in [3.8, 4) is 5.75 Å². The Hall–Kier alpha value is -3.15. The second-order valence-corrected chi connectivity index (χ2v) is 6.43. The molecule has 1 N–H and O–H groups in total. The molecule has 27 heavy (non-hydrogen) atoms. The van der Waals surface area contributed by atoms with Crippen molar-refractivity contribution in [1.82, 2.24) is 15.2 Å². The van der Waals surface area contributed by atoms with Gasteiger partial charge in [0.25, 0.3) is 0 Å². The molecule has 0 atom stereocenters. The van der Waals surface area contributed by atoms with Gasteiger partial charge in [-0.05, 0) is 50.6 Å². The normalized spacial score (nSPS) is 10.7. The Morgan fingerprint density at radius 2 is 1.78 bits per heavy atom. The molecule has 0 saturated carbocycles. The molecule has 0 aliphatic rings. The predicted octanol–water partition coefficient (Wildman–Crippen LogP) is 4.43. The fraction of sp³-hybridized carbons (Fsp3) is 0.286. The molecule has 0 bridgehead atoms. The summed E-state index contributed by atoms with van der Waals surface area (Å²) in [6.07, 6.45) is 1.70. The zero-order valence-corrected chi connectivity index (χ0v) is 16.0. The molecule has 6 nitrogen and oxygen atoms in total. The monoisotopic (exact) mass is 363 g/mol. The van der Waals surface area contributed by atoms with E-state index >= 15 is 0 Å². The Kier molecular flexibility index (Phi) is 6.20. The van der Waals surface area contributed by atoms with Crippen LogP contribution in [0.4, 0.5) is 17.5 Å². The molecule has 0 unspecified atom stereocenters. The lowest BCUT2D eigenvalue weighted by atomic mass is 10.2. The fourth-order valence-electron chi connectivity index (χ4n) is 2.72. The van der Waals surface area contributed by atoms with Gasteiger partial charge >= 0.3 is 0 Å². The van der Waals surface area contributed by atoms with Gasteiger partial charge in [0.2, 0.25) is 5.95 Å². The number of rotatable bonds is 8. The summed E-state index contributed by atoms with van der Waals surface area (Å²) in [6.45, 7) is 7.66. The molecule has 0 radical (unpaired) electrons. The van der Waals surface area contributed by atoms with Gasteiger partial charge in [0.1, 0.15) is 5.75 Å². The number of hydrogen-bond donors (Lipinski definition) is 1. The molecular formula is C21H25N5O. The number of ether oxygens (including phenoxy) is 1. The van der Waals surface area contributed by atoms with Gasteiger partial charge in [-0.15, -0.1) is 5.10 Å². The Morgan fingerprint density at radius 1 is 1.04 bits per heavy atom.